The van der Waals surface area contributed by atoms with Gasteiger partial charge in [0.25, 0.3) is 0 Å². The summed E-state index contributed by atoms with van der Waals surface area (Å²) in [5.74, 6) is -1.14. The van der Waals surface area contributed by atoms with Crippen molar-refractivity contribution in [1.29, 1.82) is 0 Å². The molecule has 0 bridgehead atoms. The van der Waals surface area contributed by atoms with E-state index in [9.17, 15) is 8.78 Å². The zero-order chi connectivity index (χ0) is 10.8. The van der Waals surface area contributed by atoms with Crippen molar-refractivity contribution in [2.75, 3.05) is 5.33 Å². The van der Waals surface area contributed by atoms with Crippen molar-refractivity contribution in [3.8, 4) is 0 Å². The fourth-order valence-corrected chi connectivity index (χ4v) is 1.33. The third kappa shape index (κ3) is 2.74. The smallest absolute Gasteiger partial charge is 0.147 e. The molecule has 1 aromatic heterocycles. The van der Waals surface area contributed by atoms with Gasteiger partial charge in [-0.25, -0.2) is 8.78 Å². The molecule has 0 aromatic carbocycles. The molecule has 0 atom stereocenters. The second-order valence-electron chi connectivity index (χ2n) is 4.06. The Kier molecular flexibility index (Phi) is 3.59. The second-order valence-corrected chi connectivity index (χ2v) is 4.62. The van der Waals surface area contributed by atoms with Crippen molar-refractivity contribution in [2.24, 2.45) is 5.41 Å². The number of nitrogens with zero attached hydrogens (tertiary/aromatic N) is 1. The number of hydrogen-bond donors (Lipinski definition) is 0. The molecule has 0 aliphatic heterocycles. The Morgan fingerprint density at radius 1 is 1.29 bits per heavy atom. The molecule has 1 heterocycles. The molecule has 14 heavy (non-hydrogen) atoms. The Morgan fingerprint density at radius 2 is 1.79 bits per heavy atom. The van der Waals surface area contributed by atoms with Crippen molar-refractivity contribution < 1.29 is 8.78 Å². The summed E-state index contributed by atoms with van der Waals surface area (Å²) in [5.41, 5.74) is -0.0484. The molecule has 0 aliphatic rings. The standard InChI is InChI=1S/C10H12BrF2N/c1-10(2,6-11)3-7-8(12)4-14-5-9(7)13/h4-5H,3,6H2,1-2H3. The summed E-state index contributed by atoms with van der Waals surface area (Å²) >= 11 is 3.32. The van der Waals surface area contributed by atoms with E-state index in [1.807, 2.05) is 13.8 Å². The van der Waals surface area contributed by atoms with Gasteiger partial charge in [-0.15, -0.1) is 0 Å². The highest BCUT2D eigenvalue weighted by Crippen LogP contribution is 2.26. The van der Waals surface area contributed by atoms with E-state index in [1.165, 1.54) is 0 Å². The van der Waals surface area contributed by atoms with Gasteiger partial charge in [-0.2, -0.15) is 0 Å². The number of pyridine rings is 1. The van der Waals surface area contributed by atoms with Gasteiger partial charge in [0.15, 0.2) is 0 Å². The van der Waals surface area contributed by atoms with E-state index in [0.29, 0.717) is 11.8 Å². The van der Waals surface area contributed by atoms with Gasteiger partial charge in [0.2, 0.25) is 0 Å². The molecule has 0 unspecified atom stereocenters. The Hall–Kier alpha value is -0.510. The third-order valence-electron chi connectivity index (χ3n) is 1.97. The van der Waals surface area contributed by atoms with E-state index in [1.54, 1.807) is 0 Å². The van der Waals surface area contributed by atoms with Crippen molar-refractivity contribution in [3.63, 3.8) is 0 Å². The lowest BCUT2D eigenvalue weighted by molar-refractivity contribution is 0.401. The molecule has 4 heteroatoms. The predicted molar refractivity (Wildman–Crippen MR) is 55.4 cm³/mol. The molecule has 0 saturated carbocycles. The summed E-state index contributed by atoms with van der Waals surface area (Å²) in [5, 5.41) is 0.696. The summed E-state index contributed by atoms with van der Waals surface area (Å²) in [4.78, 5) is 3.44. The number of halogens is 3. The fourth-order valence-electron chi connectivity index (χ4n) is 1.13. The van der Waals surface area contributed by atoms with Gasteiger partial charge >= 0.3 is 0 Å². The van der Waals surface area contributed by atoms with Crippen LogP contribution in [0.3, 0.4) is 0 Å². The quantitative estimate of drug-likeness (QED) is 0.763. The molecule has 0 amide bonds. The first-order valence-corrected chi connectivity index (χ1v) is 5.42. The summed E-state index contributed by atoms with van der Waals surface area (Å²) in [6, 6.07) is 0. The molecule has 0 fully saturated rings. The first kappa shape index (κ1) is 11.6. The molecule has 0 saturated heterocycles. The minimum atomic E-state index is -0.570. The van der Waals surface area contributed by atoms with E-state index in [4.69, 9.17) is 0 Å². The number of aromatic nitrogens is 1. The summed E-state index contributed by atoms with van der Waals surface area (Å²) in [6.45, 7) is 3.89. The van der Waals surface area contributed by atoms with Crippen molar-refractivity contribution in [1.82, 2.24) is 4.98 Å². The van der Waals surface area contributed by atoms with Crippen LogP contribution in [-0.2, 0) is 6.42 Å². The van der Waals surface area contributed by atoms with Crippen LogP contribution in [0.1, 0.15) is 19.4 Å². The van der Waals surface area contributed by atoms with Crippen molar-refractivity contribution in [2.45, 2.75) is 20.3 Å². The monoisotopic (exact) mass is 263 g/mol. The predicted octanol–water partition coefficient (Wildman–Crippen LogP) is 3.32. The first-order valence-electron chi connectivity index (χ1n) is 4.30. The Balaban J connectivity index is 2.97. The molecular formula is C10H12BrF2N. The fraction of sp³-hybridized carbons (Fsp3) is 0.500. The van der Waals surface area contributed by atoms with Gasteiger partial charge in [0.05, 0.1) is 12.4 Å². The van der Waals surface area contributed by atoms with Gasteiger partial charge in [0, 0.05) is 10.9 Å². The third-order valence-corrected chi connectivity index (χ3v) is 3.49. The Morgan fingerprint density at radius 3 is 2.21 bits per heavy atom. The molecule has 0 N–H and O–H groups in total. The molecular weight excluding hydrogens is 252 g/mol. The van der Waals surface area contributed by atoms with Crippen LogP contribution in [0.25, 0.3) is 0 Å². The van der Waals surface area contributed by atoms with Crippen LogP contribution in [0.2, 0.25) is 0 Å². The van der Waals surface area contributed by atoms with Gasteiger partial charge in [0.1, 0.15) is 11.6 Å². The second kappa shape index (κ2) is 4.34. The average molecular weight is 264 g/mol. The van der Waals surface area contributed by atoms with Gasteiger partial charge < -0.3 is 0 Å². The van der Waals surface area contributed by atoms with Gasteiger partial charge in [-0.3, -0.25) is 4.98 Å². The summed E-state index contributed by atoms with van der Waals surface area (Å²) in [7, 11) is 0. The van der Waals surface area contributed by atoms with Crippen LogP contribution in [0.15, 0.2) is 12.4 Å². The van der Waals surface area contributed by atoms with Crippen LogP contribution in [-0.4, -0.2) is 10.3 Å². The molecule has 0 radical (unpaired) electrons. The topological polar surface area (TPSA) is 12.9 Å². The minimum Gasteiger partial charge on any atom is -0.259 e. The highest BCUT2D eigenvalue weighted by Gasteiger charge is 2.21. The zero-order valence-electron chi connectivity index (χ0n) is 8.15. The Bertz CT molecular complexity index is 306. The van der Waals surface area contributed by atoms with E-state index < -0.39 is 11.6 Å². The molecule has 78 valence electrons. The maximum atomic E-state index is 13.2. The Labute approximate surface area is 90.7 Å². The number of alkyl halides is 1. The van der Waals surface area contributed by atoms with E-state index >= 15 is 0 Å². The highest BCUT2D eigenvalue weighted by molar-refractivity contribution is 9.09. The average Bonchev–Trinajstić information content (AvgIpc) is 2.12. The first-order chi connectivity index (χ1) is 6.46. The van der Waals surface area contributed by atoms with Crippen molar-refractivity contribution in [3.05, 3.63) is 29.6 Å². The summed E-state index contributed by atoms with van der Waals surface area (Å²) < 4.78 is 26.4. The van der Waals surface area contributed by atoms with Gasteiger partial charge in [-0.05, 0) is 11.8 Å². The van der Waals surface area contributed by atoms with Crippen molar-refractivity contribution >= 4 is 15.9 Å². The number of rotatable bonds is 3. The largest absolute Gasteiger partial charge is 0.259 e. The van der Waals surface area contributed by atoms with Crippen LogP contribution in [0.5, 0.6) is 0 Å². The van der Waals surface area contributed by atoms with E-state index in [0.717, 1.165) is 12.4 Å². The van der Waals surface area contributed by atoms with Crippen LogP contribution < -0.4 is 0 Å². The lowest BCUT2D eigenvalue weighted by Gasteiger charge is -2.21. The summed E-state index contributed by atoms with van der Waals surface area (Å²) in [6.07, 6.45) is 2.45. The lowest BCUT2D eigenvalue weighted by Crippen LogP contribution is -2.18. The van der Waals surface area contributed by atoms with Gasteiger partial charge in [-0.1, -0.05) is 29.8 Å². The molecule has 1 aromatic rings. The maximum absolute atomic E-state index is 13.2. The maximum Gasteiger partial charge on any atom is 0.147 e. The molecule has 1 rings (SSSR count). The SMILES string of the molecule is CC(C)(CBr)Cc1c(F)cncc1F. The minimum absolute atomic E-state index is 0.115. The zero-order valence-corrected chi connectivity index (χ0v) is 9.74. The lowest BCUT2D eigenvalue weighted by atomic mass is 9.88. The van der Waals surface area contributed by atoms with Crippen LogP contribution >= 0.6 is 15.9 Å². The molecule has 0 aliphatic carbocycles. The highest BCUT2D eigenvalue weighted by atomic mass is 79.9. The molecule has 0 spiro atoms. The van der Waals surface area contributed by atoms with Crippen LogP contribution in [0.4, 0.5) is 8.78 Å². The van der Waals surface area contributed by atoms with E-state index in [2.05, 4.69) is 20.9 Å². The van der Waals surface area contributed by atoms with E-state index in [-0.39, 0.29) is 11.0 Å². The normalized spacial score (nSPS) is 11.8. The van der Waals surface area contributed by atoms with Crippen LogP contribution in [0, 0.1) is 17.0 Å². The molecule has 1 nitrogen and oxygen atoms in total. The number of hydrogen-bond acceptors (Lipinski definition) is 1.